The standard InChI is InChI=1S/C26H22F6N2O3S/c1-15(25(27,28)29)10-16-6-8-20(38(2,36)37)12-21(16)24(35)34-13-18-7-9-22(33-23(18)14-34)17-4-3-5-19(11-17)26(30,31)32/h3-9,11-12,15H,10,13-14H2,1-2H3/t15-/m1/s1. The van der Waals surface area contributed by atoms with Crippen LogP contribution in [0.25, 0.3) is 11.3 Å². The monoisotopic (exact) mass is 556 g/mol. The van der Waals surface area contributed by atoms with Crippen LogP contribution in [0.4, 0.5) is 26.3 Å². The van der Waals surface area contributed by atoms with Gasteiger partial charge in [0, 0.05) is 23.9 Å². The highest BCUT2D eigenvalue weighted by molar-refractivity contribution is 7.90. The van der Waals surface area contributed by atoms with E-state index in [-0.39, 0.29) is 40.4 Å². The number of amides is 1. The van der Waals surface area contributed by atoms with Gasteiger partial charge in [0.2, 0.25) is 0 Å². The first-order valence-electron chi connectivity index (χ1n) is 11.4. The van der Waals surface area contributed by atoms with Crippen molar-refractivity contribution in [2.24, 2.45) is 5.92 Å². The van der Waals surface area contributed by atoms with Crippen LogP contribution in [0.1, 0.15) is 39.7 Å². The molecule has 0 saturated carbocycles. The maximum atomic E-state index is 13.5. The number of pyridine rings is 1. The van der Waals surface area contributed by atoms with Crippen LogP contribution in [0.3, 0.4) is 0 Å². The highest BCUT2D eigenvalue weighted by atomic mass is 32.2. The van der Waals surface area contributed by atoms with Crippen LogP contribution in [0.5, 0.6) is 0 Å². The average Bonchev–Trinajstić information content (AvgIpc) is 3.25. The van der Waals surface area contributed by atoms with Crippen molar-refractivity contribution in [3.05, 3.63) is 82.5 Å². The second-order valence-electron chi connectivity index (χ2n) is 9.28. The maximum absolute atomic E-state index is 13.5. The van der Waals surface area contributed by atoms with E-state index in [0.717, 1.165) is 31.4 Å². The molecule has 1 aromatic heterocycles. The van der Waals surface area contributed by atoms with Gasteiger partial charge in [-0.3, -0.25) is 9.78 Å². The zero-order chi connectivity index (χ0) is 28.0. The van der Waals surface area contributed by atoms with Crippen LogP contribution in [-0.4, -0.2) is 36.6 Å². The number of hydrogen-bond donors (Lipinski definition) is 0. The van der Waals surface area contributed by atoms with Crippen molar-refractivity contribution < 1.29 is 39.6 Å². The fraction of sp³-hybridized carbons (Fsp3) is 0.308. The van der Waals surface area contributed by atoms with E-state index < -0.39 is 46.0 Å². The Hall–Kier alpha value is -3.41. The molecule has 1 atom stereocenters. The lowest BCUT2D eigenvalue weighted by Crippen LogP contribution is -2.28. The zero-order valence-corrected chi connectivity index (χ0v) is 21.0. The summed E-state index contributed by atoms with van der Waals surface area (Å²) in [7, 11) is -3.75. The molecule has 0 bridgehead atoms. The van der Waals surface area contributed by atoms with E-state index >= 15 is 0 Å². The first-order chi connectivity index (χ1) is 17.5. The predicted molar refractivity (Wildman–Crippen MR) is 127 cm³/mol. The van der Waals surface area contributed by atoms with Gasteiger partial charge in [0.05, 0.1) is 34.3 Å². The quantitative estimate of drug-likeness (QED) is 0.358. The van der Waals surface area contributed by atoms with Gasteiger partial charge in [0.1, 0.15) is 0 Å². The summed E-state index contributed by atoms with van der Waals surface area (Å²) in [5.74, 6) is -2.44. The Morgan fingerprint density at radius 1 is 1.00 bits per heavy atom. The lowest BCUT2D eigenvalue weighted by atomic mass is 9.95. The predicted octanol–water partition coefficient (Wildman–Crippen LogP) is 6.07. The number of nitrogens with zero attached hydrogens (tertiary/aromatic N) is 2. The number of carbonyl (C=O) groups is 1. The number of carbonyl (C=O) groups excluding carboxylic acids is 1. The molecule has 2 aromatic carbocycles. The van der Waals surface area contributed by atoms with E-state index in [1.54, 1.807) is 6.07 Å². The number of benzene rings is 2. The van der Waals surface area contributed by atoms with Gasteiger partial charge in [0.15, 0.2) is 9.84 Å². The third kappa shape index (κ3) is 5.85. The van der Waals surface area contributed by atoms with Gasteiger partial charge in [-0.1, -0.05) is 31.2 Å². The largest absolute Gasteiger partial charge is 0.416 e. The number of sulfone groups is 1. The van der Waals surface area contributed by atoms with Gasteiger partial charge in [-0.15, -0.1) is 0 Å². The Morgan fingerprint density at radius 2 is 1.71 bits per heavy atom. The van der Waals surface area contributed by atoms with E-state index in [4.69, 9.17) is 0 Å². The summed E-state index contributed by atoms with van der Waals surface area (Å²) in [6.45, 7) is 0.989. The fourth-order valence-electron chi connectivity index (χ4n) is 4.19. The lowest BCUT2D eigenvalue weighted by molar-refractivity contribution is -0.169. The molecule has 1 aliphatic rings. The molecular formula is C26H22F6N2O3S. The molecule has 1 aliphatic heterocycles. The van der Waals surface area contributed by atoms with Crippen LogP contribution >= 0.6 is 0 Å². The van der Waals surface area contributed by atoms with E-state index in [0.29, 0.717) is 11.3 Å². The van der Waals surface area contributed by atoms with Gasteiger partial charge < -0.3 is 4.90 Å². The molecule has 5 nitrogen and oxygen atoms in total. The molecule has 38 heavy (non-hydrogen) atoms. The van der Waals surface area contributed by atoms with Crippen LogP contribution in [0.15, 0.2) is 59.5 Å². The molecule has 4 rings (SSSR count). The smallest absolute Gasteiger partial charge is 0.328 e. The number of fused-ring (bicyclic) bond motifs is 1. The molecule has 0 saturated heterocycles. The Morgan fingerprint density at radius 3 is 2.34 bits per heavy atom. The second-order valence-corrected chi connectivity index (χ2v) is 11.3. The number of aromatic nitrogens is 1. The van der Waals surface area contributed by atoms with Crippen molar-refractivity contribution in [3.63, 3.8) is 0 Å². The molecule has 0 aliphatic carbocycles. The Bertz CT molecular complexity index is 1500. The summed E-state index contributed by atoms with van der Waals surface area (Å²) in [6, 6.07) is 11.3. The molecule has 0 N–H and O–H groups in total. The number of halogens is 6. The van der Waals surface area contributed by atoms with Gasteiger partial charge in [-0.05, 0) is 47.9 Å². The molecule has 0 spiro atoms. The first-order valence-corrected chi connectivity index (χ1v) is 13.3. The van der Waals surface area contributed by atoms with Crippen LogP contribution in [0.2, 0.25) is 0 Å². The molecule has 202 valence electrons. The van der Waals surface area contributed by atoms with Gasteiger partial charge in [-0.25, -0.2) is 8.42 Å². The minimum Gasteiger partial charge on any atom is -0.328 e. The normalized spacial score (nSPS) is 14.9. The molecule has 2 heterocycles. The Kier molecular flexibility index (Phi) is 7.06. The van der Waals surface area contributed by atoms with Crippen LogP contribution < -0.4 is 0 Å². The third-order valence-electron chi connectivity index (χ3n) is 6.37. The summed E-state index contributed by atoms with van der Waals surface area (Å²) in [4.78, 5) is 19.0. The minimum atomic E-state index is -4.53. The third-order valence-corrected chi connectivity index (χ3v) is 7.48. The Balaban J connectivity index is 1.65. The van der Waals surface area contributed by atoms with Crippen LogP contribution in [0, 0.1) is 5.92 Å². The SMILES string of the molecule is C[C@H](Cc1ccc(S(C)(=O)=O)cc1C(=O)N1Cc2ccc(-c3cccc(C(F)(F)F)c3)nc2C1)C(F)(F)F. The summed E-state index contributed by atoms with van der Waals surface area (Å²) in [5, 5.41) is 0. The second kappa shape index (κ2) is 9.72. The highest BCUT2D eigenvalue weighted by Crippen LogP contribution is 2.34. The van der Waals surface area contributed by atoms with Crippen molar-refractivity contribution in [2.75, 3.05) is 6.26 Å². The topological polar surface area (TPSA) is 67.3 Å². The van der Waals surface area contributed by atoms with Crippen molar-refractivity contribution in [3.8, 4) is 11.3 Å². The Labute approximate surface area is 215 Å². The number of alkyl halides is 6. The van der Waals surface area contributed by atoms with E-state index in [9.17, 15) is 39.6 Å². The molecule has 12 heteroatoms. The molecule has 0 radical (unpaired) electrons. The summed E-state index contributed by atoms with van der Waals surface area (Å²) in [6.07, 6.45) is -8.63. The molecule has 0 fully saturated rings. The lowest BCUT2D eigenvalue weighted by Gasteiger charge is -2.21. The number of hydrogen-bond acceptors (Lipinski definition) is 4. The van der Waals surface area contributed by atoms with E-state index in [1.165, 1.54) is 35.2 Å². The van der Waals surface area contributed by atoms with Gasteiger partial charge in [-0.2, -0.15) is 26.3 Å². The van der Waals surface area contributed by atoms with E-state index in [1.807, 2.05) is 0 Å². The summed E-state index contributed by atoms with van der Waals surface area (Å²) >= 11 is 0. The van der Waals surface area contributed by atoms with Crippen molar-refractivity contribution >= 4 is 15.7 Å². The number of rotatable bonds is 5. The molecule has 1 amide bonds. The zero-order valence-electron chi connectivity index (χ0n) is 20.2. The average molecular weight is 557 g/mol. The van der Waals surface area contributed by atoms with Crippen molar-refractivity contribution in [1.29, 1.82) is 0 Å². The molecule has 0 unspecified atom stereocenters. The fourth-order valence-corrected chi connectivity index (χ4v) is 4.84. The maximum Gasteiger partial charge on any atom is 0.416 e. The van der Waals surface area contributed by atoms with Crippen LogP contribution in [-0.2, 0) is 35.5 Å². The van der Waals surface area contributed by atoms with Gasteiger partial charge in [0.25, 0.3) is 5.91 Å². The molecule has 3 aromatic rings. The van der Waals surface area contributed by atoms with Crippen molar-refractivity contribution in [2.45, 2.75) is 43.7 Å². The first kappa shape index (κ1) is 27.6. The summed E-state index contributed by atoms with van der Waals surface area (Å²) in [5.41, 5.74) is 0.618. The van der Waals surface area contributed by atoms with Gasteiger partial charge >= 0.3 is 12.4 Å². The van der Waals surface area contributed by atoms with Crippen molar-refractivity contribution in [1.82, 2.24) is 9.88 Å². The molecular weight excluding hydrogens is 534 g/mol. The summed E-state index contributed by atoms with van der Waals surface area (Å²) < 4.78 is 103. The minimum absolute atomic E-state index is 0.0433. The highest BCUT2D eigenvalue weighted by Gasteiger charge is 2.37. The van der Waals surface area contributed by atoms with E-state index in [2.05, 4.69) is 4.98 Å².